The molecule has 0 aliphatic rings. The van der Waals surface area contributed by atoms with Crippen LogP contribution < -0.4 is 5.32 Å². The molecule has 0 heterocycles. The van der Waals surface area contributed by atoms with Crippen LogP contribution in [-0.4, -0.2) is 25.0 Å². The van der Waals surface area contributed by atoms with Crippen molar-refractivity contribution in [2.45, 2.75) is 46.1 Å². The van der Waals surface area contributed by atoms with Gasteiger partial charge in [0.1, 0.15) is 6.04 Å². The maximum atomic E-state index is 11.4. The maximum Gasteiger partial charge on any atom is 0.328 e. The van der Waals surface area contributed by atoms with Crippen LogP contribution in [0.5, 0.6) is 0 Å². The zero-order valence-corrected chi connectivity index (χ0v) is 10.0. The van der Waals surface area contributed by atoms with Crippen LogP contribution in [0.3, 0.4) is 0 Å². The highest BCUT2D eigenvalue weighted by molar-refractivity contribution is 5.83. The Morgan fingerprint density at radius 3 is 2.13 bits per heavy atom. The number of carbonyl (C=O) groups excluding carboxylic acids is 2. The third-order valence-electron chi connectivity index (χ3n) is 2.59. The zero-order valence-electron chi connectivity index (χ0n) is 10.0. The number of hydrogen-bond donors (Lipinski definition) is 1. The quantitative estimate of drug-likeness (QED) is 0.683. The third kappa shape index (κ3) is 5.40. The number of esters is 1. The molecule has 4 heteroatoms. The second kappa shape index (κ2) is 7.26. The zero-order chi connectivity index (χ0) is 11.8. The van der Waals surface area contributed by atoms with Gasteiger partial charge in [-0.15, -0.1) is 0 Å². The largest absolute Gasteiger partial charge is 0.467 e. The molecule has 0 unspecified atom stereocenters. The minimum Gasteiger partial charge on any atom is -0.467 e. The molecular formula is C11H21NO3. The summed E-state index contributed by atoms with van der Waals surface area (Å²) in [5, 5.41) is 2.62. The summed E-state index contributed by atoms with van der Waals surface area (Å²) < 4.78 is 4.65. The van der Waals surface area contributed by atoms with Crippen molar-refractivity contribution in [2.24, 2.45) is 5.92 Å². The standard InChI is InChI=1S/C11H21NO3/c1-5-9(6-2)7-10(11(14)15-4)12-8(3)13/h9-10H,5-7H2,1-4H3,(H,12,13)/t10-/m1/s1. The van der Waals surface area contributed by atoms with E-state index < -0.39 is 6.04 Å². The van der Waals surface area contributed by atoms with Gasteiger partial charge in [0.05, 0.1) is 7.11 Å². The fourth-order valence-corrected chi connectivity index (χ4v) is 1.56. The molecule has 0 saturated heterocycles. The average molecular weight is 215 g/mol. The minimum atomic E-state index is -0.502. The molecule has 88 valence electrons. The molecule has 15 heavy (non-hydrogen) atoms. The number of methoxy groups -OCH3 is 1. The van der Waals surface area contributed by atoms with Gasteiger partial charge in [0, 0.05) is 6.92 Å². The van der Waals surface area contributed by atoms with Crippen molar-refractivity contribution in [1.29, 1.82) is 0 Å². The van der Waals surface area contributed by atoms with Gasteiger partial charge in [0.15, 0.2) is 0 Å². The van der Waals surface area contributed by atoms with Crippen molar-refractivity contribution in [3.05, 3.63) is 0 Å². The summed E-state index contributed by atoms with van der Waals surface area (Å²) in [6.45, 7) is 5.56. The second-order valence-corrected chi connectivity index (χ2v) is 3.69. The Morgan fingerprint density at radius 2 is 1.80 bits per heavy atom. The van der Waals surface area contributed by atoms with Crippen molar-refractivity contribution in [2.75, 3.05) is 7.11 Å². The van der Waals surface area contributed by atoms with Gasteiger partial charge in [-0.25, -0.2) is 4.79 Å². The molecule has 1 amide bonds. The summed E-state index contributed by atoms with van der Waals surface area (Å²) in [6.07, 6.45) is 2.66. The summed E-state index contributed by atoms with van der Waals surface area (Å²) in [5.41, 5.74) is 0. The van der Waals surface area contributed by atoms with E-state index in [0.717, 1.165) is 12.8 Å². The monoisotopic (exact) mass is 215 g/mol. The predicted octanol–water partition coefficient (Wildman–Crippen LogP) is 1.49. The van der Waals surface area contributed by atoms with E-state index in [-0.39, 0.29) is 11.9 Å². The Balaban J connectivity index is 4.35. The molecule has 1 atom stereocenters. The van der Waals surface area contributed by atoms with Crippen LogP contribution in [0.2, 0.25) is 0 Å². The third-order valence-corrected chi connectivity index (χ3v) is 2.59. The normalized spacial score (nSPS) is 12.3. The van der Waals surface area contributed by atoms with E-state index >= 15 is 0 Å². The molecule has 0 aliphatic carbocycles. The van der Waals surface area contributed by atoms with Gasteiger partial charge in [-0.3, -0.25) is 4.79 Å². The molecule has 0 fully saturated rings. The number of ether oxygens (including phenoxy) is 1. The summed E-state index contributed by atoms with van der Waals surface area (Å²) in [6, 6.07) is -0.502. The average Bonchev–Trinajstić information content (AvgIpc) is 2.22. The Bertz CT molecular complexity index is 212. The maximum absolute atomic E-state index is 11.4. The highest BCUT2D eigenvalue weighted by Crippen LogP contribution is 2.15. The molecule has 0 saturated carbocycles. The molecule has 0 spiro atoms. The van der Waals surface area contributed by atoms with Crippen LogP contribution >= 0.6 is 0 Å². The molecule has 0 aromatic rings. The van der Waals surface area contributed by atoms with Crippen molar-refractivity contribution >= 4 is 11.9 Å². The number of rotatable bonds is 6. The van der Waals surface area contributed by atoms with E-state index in [1.807, 2.05) is 0 Å². The molecule has 0 radical (unpaired) electrons. The molecule has 0 aromatic carbocycles. The van der Waals surface area contributed by atoms with E-state index in [2.05, 4.69) is 23.9 Å². The lowest BCUT2D eigenvalue weighted by Gasteiger charge is -2.20. The molecule has 4 nitrogen and oxygen atoms in total. The molecule has 0 rings (SSSR count). The Kier molecular flexibility index (Phi) is 6.75. The van der Waals surface area contributed by atoms with Gasteiger partial charge >= 0.3 is 5.97 Å². The number of hydrogen-bond acceptors (Lipinski definition) is 3. The van der Waals surface area contributed by atoms with Gasteiger partial charge in [-0.1, -0.05) is 26.7 Å². The first-order valence-electron chi connectivity index (χ1n) is 5.40. The van der Waals surface area contributed by atoms with Gasteiger partial charge in [0.2, 0.25) is 5.91 Å². The molecule has 0 bridgehead atoms. The van der Waals surface area contributed by atoms with E-state index in [1.165, 1.54) is 14.0 Å². The van der Waals surface area contributed by atoms with Crippen molar-refractivity contribution in [3.8, 4) is 0 Å². The van der Waals surface area contributed by atoms with Crippen molar-refractivity contribution in [1.82, 2.24) is 5.32 Å². The van der Waals surface area contributed by atoms with Crippen LogP contribution in [-0.2, 0) is 14.3 Å². The first-order valence-corrected chi connectivity index (χ1v) is 5.40. The second-order valence-electron chi connectivity index (χ2n) is 3.69. The number of carbonyl (C=O) groups is 2. The fraction of sp³-hybridized carbons (Fsp3) is 0.818. The first kappa shape index (κ1) is 13.9. The minimum absolute atomic E-state index is 0.198. The van der Waals surface area contributed by atoms with Crippen LogP contribution in [0.15, 0.2) is 0 Å². The van der Waals surface area contributed by atoms with E-state index in [0.29, 0.717) is 12.3 Å². The lowest BCUT2D eigenvalue weighted by atomic mass is 9.95. The van der Waals surface area contributed by atoms with Crippen molar-refractivity contribution < 1.29 is 14.3 Å². The molecular weight excluding hydrogens is 194 g/mol. The lowest BCUT2D eigenvalue weighted by Crippen LogP contribution is -2.41. The van der Waals surface area contributed by atoms with E-state index in [9.17, 15) is 9.59 Å². The number of amides is 1. The molecule has 0 aromatic heterocycles. The van der Waals surface area contributed by atoms with E-state index in [1.54, 1.807) is 0 Å². The summed E-state index contributed by atoms with van der Waals surface area (Å²) in [7, 11) is 1.34. The molecule has 0 aliphatic heterocycles. The highest BCUT2D eigenvalue weighted by atomic mass is 16.5. The predicted molar refractivity (Wildman–Crippen MR) is 58.3 cm³/mol. The SMILES string of the molecule is CCC(CC)C[C@@H](NC(C)=O)C(=O)OC. The van der Waals surface area contributed by atoms with E-state index in [4.69, 9.17) is 0 Å². The summed E-state index contributed by atoms with van der Waals surface area (Å²) in [5.74, 6) is -0.116. The van der Waals surface area contributed by atoms with Crippen LogP contribution in [0.1, 0.15) is 40.0 Å². The number of nitrogens with one attached hydrogen (secondary N) is 1. The Morgan fingerprint density at radius 1 is 1.27 bits per heavy atom. The smallest absolute Gasteiger partial charge is 0.328 e. The molecule has 1 N–H and O–H groups in total. The van der Waals surface area contributed by atoms with Crippen LogP contribution in [0, 0.1) is 5.92 Å². The lowest BCUT2D eigenvalue weighted by molar-refractivity contribution is -0.145. The van der Waals surface area contributed by atoms with Crippen LogP contribution in [0.4, 0.5) is 0 Å². The summed E-state index contributed by atoms with van der Waals surface area (Å²) in [4.78, 5) is 22.3. The Hall–Kier alpha value is -1.06. The van der Waals surface area contributed by atoms with Crippen LogP contribution in [0.25, 0.3) is 0 Å². The fourth-order valence-electron chi connectivity index (χ4n) is 1.56. The van der Waals surface area contributed by atoms with Crippen molar-refractivity contribution in [3.63, 3.8) is 0 Å². The first-order chi connectivity index (χ1) is 7.04. The summed E-state index contributed by atoms with van der Waals surface area (Å²) >= 11 is 0. The van der Waals surface area contributed by atoms with Gasteiger partial charge in [-0.2, -0.15) is 0 Å². The van der Waals surface area contributed by atoms with Gasteiger partial charge in [0.25, 0.3) is 0 Å². The van der Waals surface area contributed by atoms with Gasteiger partial charge < -0.3 is 10.1 Å². The Labute approximate surface area is 91.4 Å². The highest BCUT2D eigenvalue weighted by Gasteiger charge is 2.22. The topological polar surface area (TPSA) is 55.4 Å². The van der Waals surface area contributed by atoms with Gasteiger partial charge in [-0.05, 0) is 12.3 Å².